The Balaban J connectivity index is 2.20. The molecular weight excluding hydrogens is 266 g/mol. The second kappa shape index (κ2) is 9.64. The SMILES string of the molecule is CN=C(NCCC1CCCC(C)C1)NCC(C)C(=O)OC. The lowest BCUT2D eigenvalue weighted by Gasteiger charge is -2.27. The molecule has 5 nitrogen and oxygen atoms in total. The van der Waals surface area contributed by atoms with E-state index in [1.54, 1.807) is 7.05 Å². The van der Waals surface area contributed by atoms with Gasteiger partial charge in [-0.2, -0.15) is 0 Å². The van der Waals surface area contributed by atoms with E-state index in [2.05, 4.69) is 22.5 Å². The Labute approximate surface area is 128 Å². The Hall–Kier alpha value is -1.26. The Bertz CT molecular complexity index is 344. The highest BCUT2D eigenvalue weighted by Gasteiger charge is 2.18. The van der Waals surface area contributed by atoms with E-state index in [-0.39, 0.29) is 11.9 Å². The molecule has 0 aliphatic heterocycles. The number of guanidine groups is 1. The first-order valence-electron chi connectivity index (χ1n) is 8.09. The minimum Gasteiger partial charge on any atom is -0.469 e. The van der Waals surface area contributed by atoms with Gasteiger partial charge in [-0.3, -0.25) is 9.79 Å². The van der Waals surface area contributed by atoms with Crippen molar-refractivity contribution >= 4 is 11.9 Å². The highest BCUT2D eigenvalue weighted by Crippen LogP contribution is 2.30. The Kier molecular flexibility index (Phi) is 8.16. The van der Waals surface area contributed by atoms with E-state index < -0.39 is 0 Å². The molecular formula is C16H31N3O2. The van der Waals surface area contributed by atoms with Gasteiger partial charge in [0.2, 0.25) is 0 Å². The zero-order chi connectivity index (χ0) is 15.7. The van der Waals surface area contributed by atoms with Gasteiger partial charge in [-0.25, -0.2) is 0 Å². The van der Waals surface area contributed by atoms with Gasteiger partial charge in [0.25, 0.3) is 0 Å². The van der Waals surface area contributed by atoms with E-state index in [0.717, 1.165) is 24.3 Å². The lowest BCUT2D eigenvalue weighted by atomic mass is 9.81. The first-order chi connectivity index (χ1) is 10.1. The second-order valence-electron chi connectivity index (χ2n) is 6.23. The monoisotopic (exact) mass is 297 g/mol. The Morgan fingerprint density at radius 3 is 2.76 bits per heavy atom. The average Bonchev–Trinajstić information content (AvgIpc) is 2.49. The number of aliphatic imine (C=N–C) groups is 1. The maximum atomic E-state index is 11.3. The van der Waals surface area contributed by atoms with Crippen molar-refractivity contribution < 1.29 is 9.53 Å². The number of nitrogens with zero attached hydrogens (tertiary/aromatic N) is 1. The number of nitrogens with one attached hydrogen (secondary N) is 2. The molecule has 122 valence electrons. The summed E-state index contributed by atoms with van der Waals surface area (Å²) in [5, 5.41) is 6.50. The normalized spacial score (nSPS) is 24.3. The predicted molar refractivity (Wildman–Crippen MR) is 86.3 cm³/mol. The molecule has 2 N–H and O–H groups in total. The number of carbonyl (C=O) groups is 1. The van der Waals surface area contributed by atoms with E-state index >= 15 is 0 Å². The van der Waals surface area contributed by atoms with Crippen LogP contribution in [0.2, 0.25) is 0 Å². The molecule has 0 radical (unpaired) electrons. The van der Waals surface area contributed by atoms with Crippen LogP contribution >= 0.6 is 0 Å². The van der Waals surface area contributed by atoms with Gasteiger partial charge in [0.05, 0.1) is 13.0 Å². The number of hydrogen-bond acceptors (Lipinski definition) is 3. The maximum Gasteiger partial charge on any atom is 0.310 e. The Morgan fingerprint density at radius 1 is 1.38 bits per heavy atom. The molecule has 3 unspecified atom stereocenters. The zero-order valence-corrected chi connectivity index (χ0v) is 13.9. The average molecular weight is 297 g/mol. The molecule has 0 aromatic carbocycles. The van der Waals surface area contributed by atoms with E-state index in [1.165, 1.54) is 39.2 Å². The van der Waals surface area contributed by atoms with E-state index in [1.807, 2.05) is 6.92 Å². The van der Waals surface area contributed by atoms with Crippen LogP contribution in [0.3, 0.4) is 0 Å². The third-order valence-electron chi connectivity index (χ3n) is 4.29. The quantitative estimate of drug-likeness (QED) is 0.448. The number of ether oxygens (including phenoxy) is 1. The van der Waals surface area contributed by atoms with E-state index in [4.69, 9.17) is 4.74 Å². The smallest absolute Gasteiger partial charge is 0.310 e. The first-order valence-corrected chi connectivity index (χ1v) is 8.09. The van der Waals surface area contributed by atoms with Crippen molar-refractivity contribution in [3.05, 3.63) is 0 Å². The molecule has 0 spiro atoms. The topological polar surface area (TPSA) is 62.7 Å². The van der Waals surface area contributed by atoms with Crippen LogP contribution in [0.15, 0.2) is 4.99 Å². The second-order valence-corrected chi connectivity index (χ2v) is 6.23. The maximum absolute atomic E-state index is 11.3. The molecule has 1 rings (SSSR count). The van der Waals surface area contributed by atoms with Gasteiger partial charge in [0.15, 0.2) is 5.96 Å². The van der Waals surface area contributed by atoms with Crippen LogP contribution < -0.4 is 10.6 Å². The van der Waals surface area contributed by atoms with Crippen molar-refractivity contribution in [1.29, 1.82) is 0 Å². The molecule has 21 heavy (non-hydrogen) atoms. The minimum atomic E-state index is -0.200. The molecule has 0 aromatic rings. The van der Waals surface area contributed by atoms with Gasteiger partial charge >= 0.3 is 5.97 Å². The fraction of sp³-hybridized carbons (Fsp3) is 0.875. The molecule has 3 atom stereocenters. The van der Waals surface area contributed by atoms with Crippen molar-refractivity contribution in [2.75, 3.05) is 27.2 Å². The van der Waals surface area contributed by atoms with Gasteiger partial charge in [-0.05, 0) is 24.7 Å². The molecule has 1 saturated carbocycles. The van der Waals surface area contributed by atoms with Crippen molar-refractivity contribution in [3.63, 3.8) is 0 Å². The lowest BCUT2D eigenvalue weighted by molar-refractivity contribution is -0.144. The van der Waals surface area contributed by atoms with Crippen LogP contribution in [0.5, 0.6) is 0 Å². The van der Waals surface area contributed by atoms with Crippen LogP contribution in [-0.4, -0.2) is 39.2 Å². The predicted octanol–water partition coefficient (Wildman–Crippen LogP) is 2.18. The number of carbonyl (C=O) groups excluding carboxylic acids is 1. The summed E-state index contributed by atoms with van der Waals surface area (Å²) in [7, 11) is 3.16. The number of methoxy groups -OCH3 is 1. The van der Waals surface area contributed by atoms with Crippen LogP contribution in [0.25, 0.3) is 0 Å². The number of hydrogen-bond donors (Lipinski definition) is 2. The summed E-state index contributed by atoms with van der Waals surface area (Å²) in [5.41, 5.74) is 0. The highest BCUT2D eigenvalue weighted by atomic mass is 16.5. The summed E-state index contributed by atoms with van der Waals surface area (Å²) in [6.07, 6.45) is 6.66. The van der Waals surface area contributed by atoms with Gasteiger partial charge in [-0.15, -0.1) is 0 Å². The summed E-state index contributed by atoms with van der Waals surface area (Å²) in [6.45, 7) is 5.67. The molecule has 1 aliphatic carbocycles. The van der Waals surface area contributed by atoms with Crippen LogP contribution in [0.1, 0.15) is 46.0 Å². The summed E-state index contributed by atoms with van der Waals surface area (Å²) in [4.78, 5) is 15.5. The first kappa shape index (κ1) is 17.8. The van der Waals surface area contributed by atoms with Gasteiger partial charge < -0.3 is 15.4 Å². The number of rotatable bonds is 6. The van der Waals surface area contributed by atoms with Crippen LogP contribution in [0.4, 0.5) is 0 Å². The zero-order valence-electron chi connectivity index (χ0n) is 13.9. The highest BCUT2D eigenvalue weighted by molar-refractivity contribution is 5.80. The lowest BCUT2D eigenvalue weighted by Crippen LogP contribution is -2.41. The third kappa shape index (κ3) is 6.82. The summed E-state index contributed by atoms with van der Waals surface area (Å²) in [6, 6.07) is 0. The fourth-order valence-electron chi connectivity index (χ4n) is 2.97. The van der Waals surface area contributed by atoms with Crippen molar-refractivity contribution in [1.82, 2.24) is 10.6 Å². The number of esters is 1. The van der Waals surface area contributed by atoms with Gasteiger partial charge in [0.1, 0.15) is 0 Å². The van der Waals surface area contributed by atoms with E-state index in [9.17, 15) is 4.79 Å². The Morgan fingerprint density at radius 2 is 2.14 bits per heavy atom. The molecule has 1 aliphatic rings. The molecule has 1 fully saturated rings. The van der Waals surface area contributed by atoms with Crippen LogP contribution in [-0.2, 0) is 9.53 Å². The van der Waals surface area contributed by atoms with Crippen LogP contribution in [0, 0.1) is 17.8 Å². The molecule has 0 amide bonds. The van der Waals surface area contributed by atoms with Crippen molar-refractivity contribution in [2.24, 2.45) is 22.7 Å². The standard InChI is InChI=1S/C16H31N3O2/c1-12-6-5-7-14(10-12)8-9-18-16(17-3)19-11-13(2)15(20)21-4/h12-14H,5-11H2,1-4H3,(H2,17,18,19). The van der Waals surface area contributed by atoms with Gasteiger partial charge in [0, 0.05) is 20.1 Å². The molecule has 0 bridgehead atoms. The molecule has 0 aromatic heterocycles. The third-order valence-corrected chi connectivity index (χ3v) is 4.29. The fourth-order valence-corrected chi connectivity index (χ4v) is 2.97. The van der Waals surface area contributed by atoms with Crippen molar-refractivity contribution in [2.45, 2.75) is 46.0 Å². The van der Waals surface area contributed by atoms with Crippen molar-refractivity contribution in [3.8, 4) is 0 Å². The molecule has 0 heterocycles. The summed E-state index contributed by atoms with van der Waals surface area (Å²) in [5.74, 6) is 2.10. The molecule has 0 saturated heterocycles. The molecule has 5 heteroatoms. The minimum absolute atomic E-state index is 0.173. The summed E-state index contributed by atoms with van der Waals surface area (Å²) >= 11 is 0. The van der Waals surface area contributed by atoms with Gasteiger partial charge in [-0.1, -0.05) is 33.1 Å². The largest absolute Gasteiger partial charge is 0.469 e. The summed E-state index contributed by atoms with van der Waals surface area (Å²) < 4.78 is 4.71. The van der Waals surface area contributed by atoms with E-state index in [0.29, 0.717) is 6.54 Å².